The number of anilines is 1. The molecule has 3 aromatic carbocycles. The number of carbonyl (C=O) groups is 1. The van der Waals surface area contributed by atoms with E-state index in [1.165, 1.54) is 29.3 Å². The van der Waals surface area contributed by atoms with Gasteiger partial charge in [0.2, 0.25) is 0 Å². The molecule has 0 amide bonds. The van der Waals surface area contributed by atoms with Gasteiger partial charge in [0, 0.05) is 31.2 Å². The number of aromatic nitrogens is 2. The molecule has 0 spiro atoms. The summed E-state index contributed by atoms with van der Waals surface area (Å²) in [6, 6.07) is 18.6. The molecular formula is C28H25F3N4O2. The second kappa shape index (κ2) is 11.2. The van der Waals surface area contributed by atoms with Crippen LogP contribution in [0, 0.1) is 0 Å². The Hall–Kier alpha value is -4.24. The van der Waals surface area contributed by atoms with Gasteiger partial charge in [-0.15, -0.1) is 0 Å². The Kier molecular flexibility index (Phi) is 7.83. The topological polar surface area (TPSA) is 92.3 Å². The van der Waals surface area contributed by atoms with Crippen LogP contribution in [0.5, 0.6) is 0 Å². The summed E-state index contributed by atoms with van der Waals surface area (Å²) >= 11 is 0. The van der Waals surface area contributed by atoms with E-state index < -0.39 is 17.7 Å². The summed E-state index contributed by atoms with van der Waals surface area (Å²) in [5.41, 5.74) is 9.53. The molecule has 0 radical (unpaired) electrons. The van der Waals surface area contributed by atoms with Crippen molar-refractivity contribution in [2.45, 2.75) is 25.7 Å². The molecule has 9 heteroatoms. The maximum Gasteiger partial charge on any atom is 0.416 e. The SMILES string of the molecule is Nc1ccc2c(c1)CCN(Cc1ncccn1)C2.O=C(O)c1ccccc1-c1ccc(C(F)(F)F)cc1. The van der Waals surface area contributed by atoms with E-state index in [1.54, 1.807) is 30.6 Å². The summed E-state index contributed by atoms with van der Waals surface area (Å²) < 4.78 is 37.3. The zero-order valence-electron chi connectivity index (χ0n) is 19.8. The van der Waals surface area contributed by atoms with E-state index in [4.69, 9.17) is 10.8 Å². The van der Waals surface area contributed by atoms with Gasteiger partial charge in [-0.2, -0.15) is 13.2 Å². The molecule has 1 aromatic heterocycles. The lowest BCUT2D eigenvalue weighted by molar-refractivity contribution is -0.137. The van der Waals surface area contributed by atoms with Crippen molar-refractivity contribution in [2.24, 2.45) is 0 Å². The van der Waals surface area contributed by atoms with Crippen molar-refractivity contribution in [1.82, 2.24) is 14.9 Å². The number of aromatic carboxylic acids is 1. The summed E-state index contributed by atoms with van der Waals surface area (Å²) in [5.74, 6) is -0.230. The number of benzene rings is 3. The summed E-state index contributed by atoms with van der Waals surface area (Å²) in [6.07, 6.45) is 0.236. The average molecular weight is 507 g/mol. The Morgan fingerprint density at radius 1 is 0.946 bits per heavy atom. The third kappa shape index (κ3) is 6.71. The van der Waals surface area contributed by atoms with Gasteiger partial charge in [0.1, 0.15) is 5.82 Å². The minimum atomic E-state index is -4.40. The van der Waals surface area contributed by atoms with Crippen molar-refractivity contribution in [1.29, 1.82) is 0 Å². The number of hydrogen-bond acceptors (Lipinski definition) is 5. The zero-order valence-corrected chi connectivity index (χ0v) is 19.8. The molecule has 0 saturated heterocycles. The molecule has 0 unspecified atom stereocenters. The van der Waals surface area contributed by atoms with Crippen molar-refractivity contribution in [3.8, 4) is 11.1 Å². The Bertz CT molecular complexity index is 1360. The molecule has 0 fully saturated rings. The largest absolute Gasteiger partial charge is 0.478 e. The Morgan fingerprint density at radius 2 is 1.65 bits per heavy atom. The van der Waals surface area contributed by atoms with Crippen molar-refractivity contribution >= 4 is 11.7 Å². The fraction of sp³-hybridized carbons (Fsp3) is 0.179. The quantitative estimate of drug-likeness (QED) is 0.346. The van der Waals surface area contributed by atoms with Crippen LogP contribution >= 0.6 is 0 Å². The highest BCUT2D eigenvalue weighted by atomic mass is 19.4. The van der Waals surface area contributed by atoms with E-state index in [9.17, 15) is 18.0 Å². The van der Waals surface area contributed by atoms with E-state index in [2.05, 4.69) is 27.0 Å². The predicted molar refractivity (Wildman–Crippen MR) is 135 cm³/mol. The minimum absolute atomic E-state index is 0.0576. The molecule has 5 rings (SSSR count). The lowest BCUT2D eigenvalue weighted by Crippen LogP contribution is -2.30. The summed E-state index contributed by atoms with van der Waals surface area (Å²) in [5, 5.41) is 9.03. The summed E-state index contributed by atoms with van der Waals surface area (Å²) in [4.78, 5) is 22.0. The second-order valence-corrected chi connectivity index (χ2v) is 8.58. The molecule has 2 heterocycles. The first-order chi connectivity index (χ1) is 17.7. The molecule has 0 bridgehead atoms. The number of nitrogens with two attached hydrogens (primary N) is 1. The van der Waals surface area contributed by atoms with E-state index in [0.29, 0.717) is 11.1 Å². The first kappa shape index (κ1) is 25.8. The maximum atomic E-state index is 12.4. The third-order valence-corrected chi connectivity index (χ3v) is 5.99. The van der Waals surface area contributed by atoms with E-state index in [0.717, 1.165) is 49.7 Å². The number of nitrogens with zero attached hydrogens (tertiary/aromatic N) is 3. The fourth-order valence-corrected chi connectivity index (χ4v) is 4.14. The van der Waals surface area contributed by atoms with Crippen LogP contribution in [0.4, 0.5) is 18.9 Å². The number of halogens is 3. The summed E-state index contributed by atoms with van der Waals surface area (Å²) in [7, 11) is 0. The van der Waals surface area contributed by atoms with E-state index >= 15 is 0 Å². The van der Waals surface area contributed by atoms with Gasteiger partial charge in [0.05, 0.1) is 17.7 Å². The highest BCUT2D eigenvalue weighted by Crippen LogP contribution is 2.31. The van der Waals surface area contributed by atoms with Crippen LogP contribution in [0.25, 0.3) is 11.1 Å². The Balaban J connectivity index is 0.000000173. The highest BCUT2D eigenvalue weighted by molar-refractivity contribution is 5.96. The number of hydrogen-bond donors (Lipinski definition) is 2. The Labute approximate surface area is 212 Å². The van der Waals surface area contributed by atoms with Gasteiger partial charge in [0.15, 0.2) is 0 Å². The van der Waals surface area contributed by atoms with Crippen molar-refractivity contribution in [2.75, 3.05) is 12.3 Å². The van der Waals surface area contributed by atoms with Gasteiger partial charge in [-0.1, -0.05) is 36.4 Å². The summed E-state index contributed by atoms with van der Waals surface area (Å²) in [6.45, 7) is 2.80. The van der Waals surface area contributed by atoms with Crippen LogP contribution in [0.2, 0.25) is 0 Å². The number of rotatable bonds is 4. The minimum Gasteiger partial charge on any atom is -0.478 e. The molecule has 3 N–H and O–H groups in total. The fourth-order valence-electron chi connectivity index (χ4n) is 4.14. The molecule has 1 aliphatic heterocycles. The van der Waals surface area contributed by atoms with Crippen LogP contribution in [-0.4, -0.2) is 32.5 Å². The molecule has 190 valence electrons. The molecular weight excluding hydrogens is 481 g/mol. The van der Waals surface area contributed by atoms with Crippen LogP contribution in [0.15, 0.2) is 85.2 Å². The van der Waals surface area contributed by atoms with Crippen LogP contribution < -0.4 is 5.73 Å². The van der Waals surface area contributed by atoms with Gasteiger partial charge >= 0.3 is 12.1 Å². The lowest BCUT2D eigenvalue weighted by Gasteiger charge is -2.28. The molecule has 6 nitrogen and oxygen atoms in total. The second-order valence-electron chi connectivity index (χ2n) is 8.58. The van der Waals surface area contributed by atoms with Gasteiger partial charge in [-0.05, 0) is 65.1 Å². The zero-order chi connectivity index (χ0) is 26.4. The molecule has 1 aliphatic rings. The normalized spacial score (nSPS) is 13.3. The molecule has 0 atom stereocenters. The first-order valence-electron chi connectivity index (χ1n) is 11.6. The number of alkyl halides is 3. The molecule has 37 heavy (non-hydrogen) atoms. The monoisotopic (exact) mass is 506 g/mol. The van der Waals surface area contributed by atoms with Gasteiger partial charge in [0.25, 0.3) is 0 Å². The van der Waals surface area contributed by atoms with Crippen LogP contribution in [-0.2, 0) is 25.7 Å². The lowest BCUT2D eigenvalue weighted by atomic mass is 9.99. The predicted octanol–water partition coefficient (Wildman–Crippen LogP) is 5.69. The molecule has 0 aliphatic carbocycles. The van der Waals surface area contributed by atoms with E-state index in [1.807, 2.05) is 12.1 Å². The van der Waals surface area contributed by atoms with Crippen molar-refractivity contribution < 1.29 is 23.1 Å². The van der Waals surface area contributed by atoms with Gasteiger partial charge in [-0.3, -0.25) is 4.90 Å². The highest BCUT2D eigenvalue weighted by Gasteiger charge is 2.30. The smallest absolute Gasteiger partial charge is 0.416 e. The van der Waals surface area contributed by atoms with Gasteiger partial charge in [-0.25, -0.2) is 14.8 Å². The van der Waals surface area contributed by atoms with E-state index in [-0.39, 0.29) is 5.56 Å². The van der Waals surface area contributed by atoms with Crippen LogP contribution in [0.1, 0.15) is 32.9 Å². The third-order valence-electron chi connectivity index (χ3n) is 5.99. The molecule has 0 saturated carbocycles. The Morgan fingerprint density at radius 3 is 2.32 bits per heavy atom. The van der Waals surface area contributed by atoms with Gasteiger partial charge < -0.3 is 10.8 Å². The number of nitrogen functional groups attached to an aromatic ring is 1. The first-order valence-corrected chi connectivity index (χ1v) is 11.6. The standard InChI is InChI=1S/C14H9F3O2.C14H16N4/c15-14(16,17)10-7-5-9(6-8-10)11-3-1-2-4-12(11)13(18)19;15-13-3-2-12-9-18(7-4-11(12)8-13)10-14-16-5-1-6-17-14/h1-8H,(H,18,19);1-3,5-6,8H,4,7,9-10,15H2. The number of fused-ring (bicyclic) bond motifs is 1. The average Bonchev–Trinajstić information content (AvgIpc) is 2.89. The maximum absolute atomic E-state index is 12.4. The number of carboxylic acid groups (broad SMARTS) is 1. The number of carboxylic acids is 1. The molecule has 4 aromatic rings. The van der Waals surface area contributed by atoms with Crippen LogP contribution in [0.3, 0.4) is 0 Å². The van der Waals surface area contributed by atoms with Crippen molar-refractivity contribution in [3.05, 3.63) is 113 Å². The van der Waals surface area contributed by atoms with Crippen molar-refractivity contribution in [3.63, 3.8) is 0 Å².